The van der Waals surface area contributed by atoms with E-state index in [9.17, 15) is 0 Å². The average Bonchev–Trinajstić information content (AvgIpc) is 2.12. The number of nitrogens with two attached hydrogens (primary N) is 3. The van der Waals surface area contributed by atoms with Gasteiger partial charge in [0.15, 0.2) is 5.75 Å². The summed E-state index contributed by atoms with van der Waals surface area (Å²) in [4.78, 5) is 0. The maximum absolute atomic E-state index is 5.92. The molecule has 6 N–H and O–H groups in total. The van der Waals surface area contributed by atoms with Crippen molar-refractivity contribution in [3.63, 3.8) is 0 Å². The third-order valence-electron chi connectivity index (χ3n) is 2.28. The van der Waals surface area contributed by atoms with Gasteiger partial charge < -0.3 is 21.9 Å². The maximum Gasteiger partial charge on any atom is 0.164 e. The van der Waals surface area contributed by atoms with Crippen LogP contribution in [0.2, 0.25) is 0 Å². The van der Waals surface area contributed by atoms with Gasteiger partial charge in [-0.15, -0.1) is 0 Å². The van der Waals surface area contributed by atoms with Crippen LogP contribution < -0.4 is 21.9 Å². The molecule has 0 aliphatic heterocycles. The third kappa shape index (κ3) is 1.75. The number of aryl methyl sites for hydroxylation is 1. The Balaban J connectivity index is 3.28. The first kappa shape index (κ1) is 10.7. The van der Waals surface area contributed by atoms with Gasteiger partial charge in [-0.25, -0.2) is 0 Å². The van der Waals surface area contributed by atoms with Crippen molar-refractivity contribution in [2.24, 2.45) is 5.73 Å². The van der Waals surface area contributed by atoms with Gasteiger partial charge in [0.25, 0.3) is 0 Å². The van der Waals surface area contributed by atoms with Crippen LogP contribution in [-0.2, 0) is 6.42 Å². The molecule has 0 amide bonds. The van der Waals surface area contributed by atoms with Crippen molar-refractivity contribution in [3.8, 4) is 5.75 Å². The summed E-state index contributed by atoms with van der Waals surface area (Å²) in [6.45, 7) is 2.54. The average molecular weight is 195 g/mol. The number of hydrogen-bond acceptors (Lipinski definition) is 4. The molecule has 4 heteroatoms. The topological polar surface area (TPSA) is 87.3 Å². The van der Waals surface area contributed by atoms with Gasteiger partial charge in [-0.2, -0.15) is 0 Å². The molecule has 0 aliphatic rings. The molecule has 78 valence electrons. The summed E-state index contributed by atoms with van der Waals surface area (Å²) in [6, 6.07) is 1.86. The lowest BCUT2D eigenvalue weighted by Gasteiger charge is -2.14. The second-order valence-electron chi connectivity index (χ2n) is 3.25. The lowest BCUT2D eigenvalue weighted by atomic mass is 10.0. The highest BCUT2D eigenvalue weighted by atomic mass is 16.5. The van der Waals surface area contributed by atoms with Gasteiger partial charge in [0.2, 0.25) is 0 Å². The van der Waals surface area contributed by atoms with Crippen LogP contribution in [0.1, 0.15) is 11.1 Å². The van der Waals surface area contributed by atoms with Crippen molar-refractivity contribution in [1.82, 2.24) is 0 Å². The van der Waals surface area contributed by atoms with Crippen LogP contribution in [-0.4, -0.2) is 13.7 Å². The quantitative estimate of drug-likeness (QED) is 0.618. The zero-order valence-corrected chi connectivity index (χ0v) is 8.63. The van der Waals surface area contributed by atoms with E-state index in [-0.39, 0.29) is 0 Å². The molecule has 1 aromatic rings. The van der Waals surface area contributed by atoms with Crippen molar-refractivity contribution in [2.75, 3.05) is 25.1 Å². The van der Waals surface area contributed by atoms with Crippen molar-refractivity contribution >= 4 is 11.4 Å². The fourth-order valence-electron chi connectivity index (χ4n) is 1.59. The van der Waals surface area contributed by atoms with Crippen LogP contribution in [0.4, 0.5) is 11.4 Å². The molecule has 0 aliphatic carbocycles. The highest BCUT2D eigenvalue weighted by Gasteiger charge is 2.11. The Bertz CT molecular complexity index is 337. The van der Waals surface area contributed by atoms with E-state index in [0.29, 0.717) is 23.7 Å². The van der Waals surface area contributed by atoms with Crippen molar-refractivity contribution < 1.29 is 4.74 Å². The van der Waals surface area contributed by atoms with E-state index in [0.717, 1.165) is 17.5 Å². The first-order valence-corrected chi connectivity index (χ1v) is 4.53. The molecule has 0 saturated heterocycles. The van der Waals surface area contributed by atoms with E-state index >= 15 is 0 Å². The molecule has 0 heterocycles. The number of benzene rings is 1. The third-order valence-corrected chi connectivity index (χ3v) is 2.28. The van der Waals surface area contributed by atoms with E-state index in [1.54, 1.807) is 7.11 Å². The predicted molar refractivity (Wildman–Crippen MR) is 59.3 cm³/mol. The van der Waals surface area contributed by atoms with Crippen molar-refractivity contribution in [3.05, 3.63) is 17.2 Å². The second kappa shape index (κ2) is 4.19. The summed E-state index contributed by atoms with van der Waals surface area (Å²) in [6.07, 6.45) is 0.744. The SMILES string of the molecule is COc1c(N)cc(C)c(CCN)c1N. The van der Waals surface area contributed by atoms with Gasteiger partial charge in [0.1, 0.15) is 0 Å². The smallest absolute Gasteiger partial charge is 0.164 e. The summed E-state index contributed by atoms with van der Waals surface area (Å²) >= 11 is 0. The Morgan fingerprint density at radius 2 is 2.00 bits per heavy atom. The van der Waals surface area contributed by atoms with E-state index in [1.807, 2.05) is 13.0 Å². The number of nitrogen functional groups attached to an aromatic ring is 2. The molecular formula is C10H17N3O. The first-order valence-electron chi connectivity index (χ1n) is 4.53. The largest absolute Gasteiger partial charge is 0.492 e. The fraction of sp³-hybridized carbons (Fsp3) is 0.400. The second-order valence-corrected chi connectivity index (χ2v) is 3.25. The molecule has 1 rings (SSSR count). The molecule has 0 fully saturated rings. The molecule has 4 nitrogen and oxygen atoms in total. The minimum Gasteiger partial charge on any atom is -0.492 e. The molecule has 0 aromatic heterocycles. The Labute approximate surface area is 84.0 Å². The number of ether oxygens (including phenoxy) is 1. The van der Waals surface area contributed by atoms with Crippen LogP contribution in [0.25, 0.3) is 0 Å². The van der Waals surface area contributed by atoms with Crippen molar-refractivity contribution in [1.29, 1.82) is 0 Å². The number of methoxy groups -OCH3 is 1. The normalized spacial score (nSPS) is 10.2. The number of rotatable bonds is 3. The van der Waals surface area contributed by atoms with Crippen LogP contribution >= 0.6 is 0 Å². The van der Waals surface area contributed by atoms with Gasteiger partial charge in [-0.05, 0) is 37.1 Å². The van der Waals surface area contributed by atoms with Gasteiger partial charge in [-0.1, -0.05) is 0 Å². The fourth-order valence-corrected chi connectivity index (χ4v) is 1.59. The monoisotopic (exact) mass is 195 g/mol. The lowest BCUT2D eigenvalue weighted by Crippen LogP contribution is -2.09. The number of anilines is 2. The zero-order chi connectivity index (χ0) is 10.7. The number of hydrogen-bond donors (Lipinski definition) is 3. The van der Waals surface area contributed by atoms with Crippen LogP contribution in [0, 0.1) is 6.92 Å². The molecule has 0 unspecified atom stereocenters. The van der Waals surface area contributed by atoms with Crippen LogP contribution in [0.5, 0.6) is 5.75 Å². The van der Waals surface area contributed by atoms with E-state index < -0.39 is 0 Å². The highest BCUT2D eigenvalue weighted by Crippen LogP contribution is 2.34. The molecule has 0 bridgehead atoms. The van der Waals surface area contributed by atoms with E-state index in [1.165, 1.54) is 0 Å². The van der Waals surface area contributed by atoms with Crippen molar-refractivity contribution in [2.45, 2.75) is 13.3 Å². The summed E-state index contributed by atoms with van der Waals surface area (Å²) in [5.74, 6) is 0.555. The van der Waals surface area contributed by atoms with Gasteiger partial charge >= 0.3 is 0 Å². The minimum absolute atomic E-state index is 0.555. The summed E-state index contributed by atoms with van der Waals surface area (Å²) in [5, 5.41) is 0. The molecule has 0 spiro atoms. The van der Waals surface area contributed by atoms with Crippen LogP contribution in [0.3, 0.4) is 0 Å². The van der Waals surface area contributed by atoms with Gasteiger partial charge in [-0.3, -0.25) is 0 Å². The standard InChI is InChI=1S/C10H17N3O/c1-6-5-8(12)10(14-2)9(13)7(6)3-4-11/h5H,3-4,11-13H2,1-2H3. The Morgan fingerprint density at radius 1 is 1.36 bits per heavy atom. The summed E-state index contributed by atoms with van der Waals surface area (Å²) in [7, 11) is 1.56. The summed E-state index contributed by atoms with van der Waals surface area (Å²) < 4.78 is 5.13. The molecule has 14 heavy (non-hydrogen) atoms. The van der Waals surface area contributed by atoms with Gasteiger partial charge in [0, 0.05) is 0 Å². The molecule has 0 saturated carbocycles. The Kier molecular flexibility index (Phi) is 3.19. The van der Waals surface area contributed by atoms with Crippen LogP contribution in [0.15, 0.2) is 6.07 Å². The molecule has 1 aromatic carbocycles. The minimum atomic E-state index is 0.555. The maximum atomic E-state index is 5.92. The van der Waals surface area contributed by atoms with E-state index in [4.69, 9.17) is 21.9 Å². The lowest BCUT2D eigenvalue weighted by molar-refractivity contribution is 0.418. The molecular weight excluding hydrogens is 178 g/mol. The zero-order valence-electron chi connectivity index (χ0n) is 8.63. The molecule has 0 atom stereocenters. The Hall–Kier alpha value is -1.42. The summed E-state index contributed by atoms with van der Waals surface area (Å²) in [5.41, 5.74) is 20.4. The molecule has 0 radical (unpaired) electrons. The van der Waals surface area contributed by atoms with Gasteiger partial charge in [0.05, 0.1) is 18.5 Å². The van der Waals surface area contributed by atoms with E-state index in [2.05, 4.69) is 0 Å². The predicted octanol–water partition coefficient (Wildman–Crippen LogP) is 0.669. The highest BCUT2D eigenvalue weighted by molar-refractivity contribution is 5.72. The Morgan fingerprint density at radius 3 is 2.50 bits per heavy atom. The first-order chi connectivity index (χ1) is 6.61.